The normalized spacial score (nSPS) is 19.3. The summed E-state index contributed by atoms with van der Waals surface area (Å²) in [6, 6.07) is 13.8. The maximum Gasteiger partial charge on any atom is 0.264 e. The predicted molar refractivity (Wildman–Crippen MR) is 85.1 cm³/mol. The van der Waals surface area contributed by atoms with E-state index in [1.807, 2.05) is 23.1 Å². The van der Waals surface area contributed by atoms with Crippen molar-refractivity contribution >= 4 is 17.5 Å². The average Bonchev–Trinajstić information content (AvgIpc) is 2.96. The second kappa shape index (κ2) is 5.33. The fourth-order valence-electron chi connectivity index (χ4n) is 3.24. The first-order chi connectivity index (χ1) is 10.7. The van der Waals surface area contributed by atoms with Gasteiger partial charge in [0.05, 0.1) is 0 Å². The largest absolute Gasteiger partial charge is 0.480 e. The van der Waals surface area contributed by atoms with E-state index < -0.39 is 6.10 Å². The van der Waals surface area contributed by atoms with Crippen LogP contribution in [0, 0.1) is 0 Å². The van der Waals surface area contributed by atoms with Gasteiger partial charge in [-0.15, -0.1) is 0 Å². The standard InChI is InChI=1S/C18H16ClNO2/c19-15-5-6-16-14(9-15)10-17(22-16)18(21)20-8-7-12-3-1-2-4-13(12)11-20/h1-6,9,17H,7-8,10-11H2. The van der Waals surface area contributed by atoms with Crippen LogP contribution in [0.2, 0.25) is 5.02 Å². The lowest BCUT2D eigenvalue weighted by Crippen LogP contribution is -2.43. The highest BCUT2D eigenvalue weighted by atomic mass is 35.5. The summed E-state index contributed by atoms with van der Waals surface area (Å²) in [7, 11) is 0. The lowest BCUT2D eigenvalue weighted by molar-refractivity contribution is -0.138. The van der Waals surface area contributed by atoms with E-state index in [0.717, 1.165) is 24.3 Å². The fraction of sp³-hybridized carbons (Fsp3) is 0.278. The molecule has 2 aromatic carbocycles. The van der Waals surface area contributed by atoms with Gasteiger partial charge in [-0.3, -0.25) is 4.79 Å². The lowest BCUT2D eigenvalue weighted by Gasteiger charge is -2.30. The molecule has 2 aliphatic heterocycles. The zero-order valence-corrected chi connectivity index (χ0v) is 12.8. The van der Waals surface area contributed by atoms with E-state index in [-0.39, 0.29) is 5.91 Å². The molecule has 4 rings (SSSR count). The van der Waals surface area contributed by atoms with Gasteiger partial charge in [0.2, 0.25) is 0 Å². The van der Waals surface area contributed by atoms with Crippen molar-refractivity contribution < 1.29 is 9.53 Å². The summed E-state index contributed by atoms with van der Waals surface area (Å²) < 4.78 is 5.82. The number of amides is 1. The lowest BCUT2D eigenvalue weighted by atomic mass is 9.99. The van der Waals surface area contributed by atoms with Crippen molar-refractivity contribution in [2.45, 2.75) is 25.5 Å². The Morgan fingerprint density at radius 3 is 2.82 bits per heavy atom. The minimum absolute atomic E-state index is 0.0711. The van der Waals surface area contributed by atoms with Crippen LogP contribution in [0.25, 0.3) is 0 Å². The minimum Gasteiger partial charge on any atom is -0.480 e. The van der Waals surface area contributed by atoms with Crippen molar-refractivity contribution in [1.82, 2.24) is 4.90 Å². The molecule has 0 aliphatic carbocycles. The molecule has 0 saturated heterocycles. The summed E-state index contributed by atoms with van der Waals surface area (Å²) >= 11 is 6.00. The van der Waals surface area contributed by atoms with Gasteiger partial charge in [0.15, 0.2) is 6.10 Å². The van der Waals surface area contributed by atoms with Crippen molar-refractivity contribution in [1.29, 1.82) is 0 Å². The van der Waals surface area contributed by atoms with Gasteiger partial charge in [-0.1, -0.05) is 35.9 Å². The first-order valence-corrected chi connectivity index (χ1v) is 7.89. The molecule has 112 valence electrons. The van der Waals surface area contributed by atoms with Crippen molar-refractivity contribution in [2.24, 2.45) is 0 Å². The van der Waals surface area contributed by atoms with Gasteiger partial charge < -0.3 is 9.64 Å². The number of fused-ring (bicyclic) bond motifs is 2. The number of hydrogen-bond acceptors (Lipinski definition) is 2. The minimum atomic E-state index is -0.418. The topological polar surface area (TPSA) is 29.5 Å². The maximum atomic E-state index is 12.7. The van der Waals surface area contributed by atoms with Crippen molar-refractivity contribution in [2.75, 3.05) is 6.54 Å². The summed E-state index contributed by atoms with van der Waals surface area (Å²) in [5.41, 5.74) is 3.60. The zero-order valence-electron chi connectivity index (χ0n) is 12.1. The SMILES string of the molecule is O=C(C1Cc2cc(Cl)ccc2O1)N1CCc2ccccc2C1. The summed E-state index contributed by atoms with van der Waals surface area (Å²) in [6.07, 6.45) is 1.10. The number of halogens is 1. The summed E-state index contributed by atoms with van der Waals surface area (Å²) in [5.74, 6) is 0.849. The van der Waals surface area contributed by atoms with Crippen LogP contribution in [0.3, 0.4) is 0 Å². The Morgan fingerprint density at radius 1 is 1.14 bits per heavy atom. The molecule has 0 fully saturated rings. The van der Waals surface area contributed by atoms with Crippen LogP contribution >= 0.6 is 11.6 Å². The summed E-state index contributed by atoms with van der Waals surface area (Å²) in [6.45, 7) is 1.43. The van der Waals surface area contributed by atoms with Gasteiger partial charge >= 0.3 is 0 Å². The third kappa shape index (κ3) is 2.35. The Hall–Kier alpha value is -2.00. The van der Waals surface area contributed by atoms with Gasteiger partial charge in [-0.05, 0) is 41.3 Å². The first-order valence-electron chi connectivity index (χ1n) is 7.51. The van der Waals surface area contributed by atoms with Crippen LogP contribution in [0.4, 0.5) is 0 Å². The van der Waals surface area contributed by atoms with Crippen LogP contribution in [-0.4, -0.2) is 23.5 Å². The molecule has 1 unspecified atom stereocenters. The van der Waals surface area contributed by atoms with Crippen molar-refractivity contribution in [3.8, 4) is 5.75 Å². The van der Waals surface area contributed by atoms with Crippen LogP contribution in [-0.2, 0) is 24.2 Å². The van der Waals surface area contributed by atoms with Crippen LogP contribution in [0.15, 0.2) is 42.5 Å². The van der Waals surface area contributed by atoms with Gasteiger partial charge in [-0.2, -0.15) is 0 Å². The highest BCUT2D eigenvalue weighted by molar-refractivity contribution is 6.30. The second-order valence-electron chi connectivity index (χ2n) is 5.84. The molecule has 1 atom stereocenters. The maximum absolute atomic E-state index is 12.7. The van der Waals surface area contributed by atoms with Crippen LogP contribution in [0.5, 0.6) is 5.75 Å². The zero-order chi connectivity index (χ0) is 15.1. The molecule has 0 spiro atoms. The molecule has 4 heteroatoms. The number of hydrogen-bond donors (Lipinski definition) is 0. The molecule has 2 heterocycles. The van der Waals surface area contributed by atoms with Gasteiger partial charge in [0, 0.05) is 24.5 Å². The smallest absolute Gasteiger partial charge is 0.264 e. The number of rotatable bonds is 1. The van der Waals surface area contributed by atoms with Crippen LogP contribution in [0.1, 0.15) is 16.7 Å². The summed E-state index contributed by atoms with van der Waals surface area (Å²) in [5, 5.41) is 0.683. The number of carbonyl (C=O) groups is 1. The molecule has 2 aliphatic rings. The van der Waals surface area contributed by atoms with Crippen LogP contribution < -0.4 is 4.74 Å². The molecule has 0 radical (unpaired) electrons. The molecule has 0 aromatic heterocycles. The van der Waals surface area contributed by atoms with Crippen molar-refractivity contribution in [3.05, 3.63) is 64.2 Å². The van der Waals surface area contributed by atoms with E-state index in [2.05, 4.69) is 18.2 Å². The number of nitrogens with zero attached hydrogens (tertiary/aromatic N) is 1. The fourth-order valence-corrected chi connectivity index (χ4v) is 3.44. The Kier molecular flexibility index (Phi) is 3.30. The van der Waals surface area contributed by atoms with Crippen molar-refractivity contribution in [3.63, 3.8) is 0 Å². The Bertz CT molecular complexity index is 744. The Labute approximate surface area is 134 Å². The molecule has 2 aromatic rings. The number of ether oxygens (including phenoxy) is 1. The molecule has 0 N–H and O–H groups in total. The Morgan fingerprint density at radius 2 is 1.95 bits per heavy atom. The summed E-state index contributed by atoms with van der Waals surface area (Å²) in [4.78, 5) is 14.6. The van der Waals surface area contributed by atoms with Gasteiger partial charge in [0.1, 0.15) is 5.75 Å². The molecule has 0 bridgehead atoms. The van der Waals surface area contributed by atoms with Gasteiger partial charge in [0.25, 0.3) is 5.91 Å². The molecular weight excluding hydrogens is 298 g/mol. The van der Waals surface area contributed by atoms with E-state index in [1.165, 1.54) is 11.1 Å². The second-order valence-corrected chi connectivity index (χ2v) is 6.28. The van der Waals surface area contributed by atoms with E-state index in [4.69, 9.17) is 16.3 Å². The molecular formula is C18H16ClNO2. The third-order valence-corrected chi connectivity index (χ3v) is 4.65. The number of benzene rings is 2. The molecule has 22 heavy (non-hydrogen) atoms. The van der Waals surface area contributed by atoms with Gasteiger partial charge in [-0.25, -0.2) is 0 Å². The van der Waals surface area contributed by atoms with E-state index in [1.54, 1.807) is 6.07 Å². The monoisotopic (exact) mass is 313 g/mol. The predicted octanol–water partition coefficient (Wildman–Crippen LogP) is 3.23. The highest BCUT2D eigenvalue weighted by Gasteiger charge is 2.33. The average molecular weight is 314 g/mol. The third-order valence-electron chi connectivity index (χ3n) is 4.41. The molecule has 3 nitrogen and oxygen atoms in total. The highest BCUT2D eigenvalue weighted by Crippen LogP contribution is 2.32. The first kappa shape index (κ1) is 13.6. The number of carbonyl (C=O) groups excluding carboxylic acids is 1. The Balaban J connectivity index is 1.50. The van der Waals surface area contributed by atoms with E-state index >= 15 is 0 Å². The van der Waals surface area contributed by atoms with E-state index in [9.17, 15) is 4.79 Å². The molecule has 0 saturated carbocycles. The molecule has 1 amide bonds. The van der Waals surface area contributed by atoms with E-state index in [0.29, 0.717) is 18.0 Å². The quantitative estimate of drug-likeness (QED) is 0.809.